The average Bonchev–Trinajstić information content (AvgIpc) is 2.69. The molecule has 0 amide bonds. The second-order valence-electron chi connectivity index (χ2n) is 6.15. The van der Waals surface area contributed by atoms with Crippen molar-refractivity contribution in [1.82, 2.24) is 9.97 Å². The molecule has 5 nitrogen and oxygen atoms in total. The Labute approximate surface area is 174 Å². The third-order valence-corrected chi connectivity index (χ3v) is 4.63. The maximum Gasteiger partial charge on any atom is 0.416 e. The molecule has 0 atom stereocenters. The van der Waals surface area contributed by atoms with Gasteiger partial charge in [-0.15, -0.1) is 0 Å². The van der Waals surface area contributed by atoms with Crippen LogP contribution in [0.5, 0.6) is 0 Å². The van der Waals surface area contributed by atoms with E-state index in [4.69, 9.17) is 5.11 Å². The normalized spacial score (nSPS) is 11.3. The Morgan fingerprint density at radius 3 is 2.41 bits per heavy atom. The van der Waals surface area contributed by atoms with Gasteiger partial charge in [0.05, 0.1) is 16.9 Å². The van der Waals surface area contributed by atoms with Crippen LogP contribution in [-0.4, -0.2) is 28.2 Å². The van der Waals surface area contributed by atoms with Gasteiger partial charge in [-0.1, -0.05) is 30.3 Å². The second-order valence-corrected chi connectivity index (χ2v) is 7.00. The highest BCUT2D eigenvalue weighted by Gasteiger charge is 2.30. The lowest BCUT2D eigenvalue weighted by molar-refractivity contribution is -0.137. The van der Waals surface area contributed by atoms with Crippen LogP contribution in [-0.2, 0) is 6.18 Å². The van der Waals surface area contributed by atoms with Crippen LogP contribution in [0.4, 0.5) is 30.6 Å². The third-order valence-electron chi connectivity index (χ3n) is 3.97. The molecule has 0 spiro atoms. The minimum Gasteiger partial charge on any atom is -0.396 e. The van der Waals surface area contributed by atoms with E-state index in [9.17, 15) is 13.2 Å². The second kappa shape index (κ2) is 9.23. The molecular weight excluding hydrogens is 449 g/mol. The number of rotatable bonds is 7. The van der Waals surface area contributed by atoms with Crippen LogP contribution in [0.25, 0.3) is 11.3 Å². The highest BCUT2D eigenvalue weighted by Crippen LogP contribution is 2.35. The number of halogens is 4. The Morgan fingerprint density at radius 1 is 1.00 bits per heavy atom. The van der Waals surface area contributed by atoms with E-state index in [1.807, 2.05) is 30.3 Å². The molecule has 0 saturated heterocycles. The lowest BCUT2D eigenvalue weighted by Crippen LogP contribution is -2.09. The van der Waals surface area contributed by atoms with Crippen LogP contribution in [0.3, 0.4) is 0 Å². The first-order valence-electron chi connectivity index (χ1n) is 8.80. The Balaban J connectivity index is 1.92. The van der Waals surface area contributed by atoms with Crippen molar-refractivity contribution in [3.8, 4) is 11.3 Å². The molecule has 3 aromatic rings. The number of benzene rings is 2. The standard InChI is InChI=1S/C20H18BrF3N4O/c21-15-11-14(20(22,23)24)7-8-16(15)26-18-12-17(13-5-2-1-3-6-13)27-19(28-18)25-9-4-10-29/h1-3,5-8,11-12,29H,4,9-10H2,(H2,25,26,27,28). The number of alkyl halides is 3. The van der Waals surface area contributed by atoms with Crippen LogP contribution in [0, 0.1) is 0 Å². The summed E-state index contributed by atoms with van der Waals surface area (Å²) in [6.45, 7) is 0.521. The van der Waals surface area contributed by atoms with Crippen LogP contribution < -0.4 is 10.6 Å². The minimum atomic E-state index is -4.42. The first kappa shape index (κ1) is 21.1. The summed E-state index contributed by atoms with van der Waals surface area (Å²) in [7, 11) is 0. The first-order chi connectivity index (χ1) is 13.9. The quantitative estimate of drug-likeness (QED) is 0.403. The molecule has 9 heteroatoms. The average molecular weight is 467 g/mol. The van der Waals surface area contributed by atoms with Gasteiger partial charge in [-0.3, -0.25) is 0 Å². The smallest absolute Gasteiger partial charge is 0.396 e. The molecule has 0 aliphatic rings. The van der Waals surface area contributed by atoms with Crippen LogP contribution in [0.2, 0.25) is 0 Å². The molecule has 29 heavy (non-hydrogen) atoms. The summed E-state index contributed by atoms with van der Waals surface area (Å²) in [5.41, 5.74) is 1.22. The van der Waals surface area contributed by atoms with Gasteiger partial charge in [-0.25, -0.2) is 4.98 Å². The molecule has 0 saturated carbocycles. The number of aliphatic hydroxyl groups excluding tert-OH is 1. The number of nitrogens with zero attached hydrogens (tertiary/aromatic N) is 2. The lowest BCUT2D eigenvalue weighted by atomic mass is 10.1. The van der Waals surface area contributed by atoms with Crippen molar-refractivity contribution in [2.45, 2.75) is 12.6 Å². The number of aliphatic hydroxyl groups is 1. The van der Waals surface area contributed by atoms with E-state index in [2.05, 4.69) is 36.5 Å². The van der Waals surface area contributed by atoms with Crippen molar-refractivity contribution in [1.29, 1.82) is 0 Å². The van der Waals surface area contributed by atoms with Crippen molar-refractivity contribution < 1.29 is 18.3 Å². The molecule has 0 aliphatic carbocycles. The van der Waals surface area contributed by atoms with Gasteiger partial charge >= 0.3 is 6.18 Å². The van der Waals surface area contributed by atoms with Crippen molar-refractivity contribution in [3.05, 3.63) is 64.6 Å². The maximum absolute atomic E-state index is 12.9. The van der Waals surface area contributed by atoms with Crippen molar-refractivity contribution in [2.75, 3.05) is 23.8 Å². The van der Waals surface area contributed by atoms with Gasteiger partial charge in [-0.2, -0.15) is 18.2 Å². The molecular formula is C20H18BrF3N4O. The van der Waals surface area contributed by atoms with E-state index in [1.54, 1.807) is 6.07 Å². The van der Waals surface area contributed by atoms with Gasteiger partial charge in [0.25, 0.3) is 0 Å². The molecule has 0 aliphatic heterocycles. The summed E-state index contributed by atoms with van der Waals surface area (Å²) in [5, 5.41) is 15.0. The molecule has 1 heterocycles. The monoisotopic (exact) mass is 466 g/mol. The fourth-order valence-corrected chi connectivity index (χ4v) is 3.04. The largest absolute Gasteiger partial charge is 0.416 e. The topological polar surface area (TPSA) is 70.1 Å². The number of nitrogens with one attached hydrogen (secondary N) is 2. The third kappa shape index (κ3) is 5.68. The van der Waals surface area contributed by atoms with Gasteiger partial charge in [0.1, 0.15) is 5.82 Å². The lowest BCUT2D eigenvalue weighted by Gasteiger charge is -2.14. The molecule has 152 valence electrons. The summed E-state index contributed by atoms with van der Waals surface area (Å²) < 4.78 is 38.9. The zero-order chi connectivity index (χ0) is 20.9. The van der Waals surface area contributed by atoms with Gasteiger partial charge in [0.2, 0.25) is 5.95 Å². The number of aromatic nitrogens is 2. The van der Waals surface area contributed by atoms with E-state index in [-0.39, 0.29) is 11.1 Å². The molecule has 0 unspecified atom stereocenters. The van der Waals surface area contributed by atoms with E-state index >= 15 is 0 Å². The van der Waals surface area contributed by atoms with E-state index in [1.165, 1.54) is 6.07 Å². The zero-order valence-electron chi connectivity index (χ0n) is 15.2. The van der Waals surface area contributed by atoms with E-state index in [0.29, 0.717) is 36.1 Å². The maximum atomic E-state index is 12.9. The fourth-order valence-electron chi connectivity index (χ4n) is 2.56. The van der Waals surface area contributed by atoms with Crippen LogP contribution in [0.15, 0.2) is 59.1 Å². The molecule has 2 aromatic carbocycles. The molecule has 3 N–H and O–H groups in total. The number of anilines is 3. The number of hydrogen-bond donors (Lipinski definition) is 3. The zero-order valence-corrected chi connectivity index (χ0v) is 16.8. The molecule has 3 rings (SSSR count). The molecule has 1 aromatic heterocycles. The summed E-state index contributed by atoms with van der Waals surface area (Å²) in [5.74, 6) is 0.774. The highest BCUT2D eigenvalue weighted by atomic mass is 79.9. The molecule has 0 radical (unpaired) electrons. The van der Waals surface area contributed by atoms with Crippen LogP contribution >= 0.6 is 15.9 Å². The van der Waals surface area contributed by atoms with Crippen molar-refractivity contribution in [3.63, 3.8) is 0 Å². The Kier molecular flexibility index (Phi) is 6.71. The Morgan fingerprint density at radius 2 is 1.76 bits per heavy atom. The Bertz CT molecular complexity index is 968. The van der Waals surface area contributed by atoms with Crippen molar-refractivity contribution >= 4 is 33.4 Å². The van der Waals surface area contributed by atoms with Gasteiger partial charge in [0, 0.05) is 29.3 Å². The van der Waals surface area contributed by atoms with Gasteiger partial charge in [0.15, 0.2) is 0 Å². The van der Waals surface area contributed by atoms with Crippen LogP contribution in [0.1, 0.15) is 12.0 Å². The Hall–Kier alpha value is -2.65. The number of hydrogen-bond acceptors (Lipinski definition) is 5. The first-order valence-corrected chi connectivity index (χ1v) is 9.59. The van der Waals surface area contributed by atoms with Crippen molar-refractivity contribution in [2.24, 2.45) is 0 Å². The van der Waals surface area contributed by atoms with Gasteiger partial charge < -0.3 is 15.7 Å². The summed E-state index contributed by atoms with van der Waals surface area (Å²) in [6, 6.07) is 14.5. The molecule has 0 bridgehead atoms. The summed E-state index contributed by atoms with van der Waals surface area (Å²) in [4.78, 5) is 8.86. The minimum absolute atomic E-state index is 0.0367. The highest BCUT2D eigenvalue weighted by molar-refractivity contribution is 9.10. The predicted molar refractivity (Wildman–Crippen MR) is 110 cm³/mol. The van der Waals surface area contributed by atoms with E-state index in [0.717, 1.165) is 17.7 Å². The van der Waals surface area contributed by atoms with E-state index < -0.39 is 11.7 Å². The predicted octanol–water partition coefficient (Wildman–Crippen LogP) is 5.46. The fraction of sp³-hybridized carbons (Fsp3) is 0.200. The summed E-state index contributed by atoms with van der Waals surface area (Å²) >= 11 is 3.18. The molecule has 0 fully saturated rings. The SMILES string of the molecule is OCCCNc1nc(Nc2ccc(C(F)(F)F)cc2Br)cc(-c2ccccc2)n1. The van der Waals surface area contributed by atoms with Gasteiger partial charge in [-0.05, 0) is 40.5 Å². The summed E-state index contributed by atoms with van der Waals surface area (Å²) in [6.07, 6.45) is -3.88.